The molecule has 0 radical (unpaired) electrons. The lowest BCUT2D eigenvalue weighted by Crippen LogP contribution is -2.45. The molecule has 1 aromatic carbocycles. The monoisotopic (exact) mass is 351 g/mol. The van der Waals surface area contributed by atoms with Gasteiger partial charge in [-0.1, -0.05) is 12.1 Å². The van der Waals surface area contributed by atoms with Crippen LogP contribution in [0.4, 0.5) is 4.79 Å². The molecule has 1 fully saturated rings. The molecule has 1 amide bonds. The van der Waals surface area contributed by atoms with Crippen molar-refractivity contribution in [1.82, 2.24) is 4.90 Å². The molecular weight excluding hydrogens is 322 g/mol. The number of hydrogen-bond acceptors (Lipinski definition) is 5. The van der Waals surface area contributed by atoms with E-state index in [1.165, 1.54) is 0 Å². The maximum Gasteiger partial charge on any atom is 0.410 e. The quantitative estimate of drug-likeness (QED) is 0.883. The number of amides is 1. The SMILES string of the molecule is COc1cc(CN(C(=O)OC(C)(C)C)C2CCOCC2)ccc1CO. The lowest BCUT2D eigenvalue weighted by Gasteiger charge is -2.35. The number of methoxy groups -OCH3 is 1. The predicted octanol–water partition coefficient (Wildman–Crippen LogP) is 3.10. The van der Waals surface area contributed by atoms with Gasteiger partial charge in [-0.2, -0.15) is 0 Å². The number of nitrogens with zero attached hydrogens (tertiary/aromatic N) is 1. The van der Waals surface area contributed by atoms with Crippen molar-refractivity contribution in [1.29, 1.82) is 0 Å². The molecule has 6 heteroatoms. The Labute approximate surface area is 149 Å². The Balaban J connectivity index is 2.21. The van der Waals surface area contributed by atoms with Gasteiger partial charge in [0.2, 0.25) is 0 Å². The highest BCUT2D eigenvalue weighted by molar-refractivity contribution is 5.68. The number of rotatable bonds is 5. The van der Waals surface area contributed by atoms with E-state index in [2.05, 4.69) is 0 Å². The van der Waals surface area contributed by atoms with E-state index in [0.717, 1.165) is 24.0 Å². The Kier molecular flexibility index (Phi) is 6.67. The molecule has 2 rings (SSSR count). The van der Waals surface area contributed by atoms with Crippen LogP contribution in [-0.2, 0) is 22.6 Å². The zero-order valence-electron chi connectivity index (χ0n) is 15.6. The van der Waals surface area contributed by atoms with Crippen molar-refractivity contribution in [2.75, 3.05) is 20.3 Å². The molecule has 1 aliphatic heterocycles. The van der Waals surface area contributed by atoms with E-state index in [4.69, 9.17) is 14.2 Å². The van der Waals surface area contributed by atoms with Crippen LogP contribution in [0.15, 0.2) is 18.2 Å². The molecule has 1 heterocycles. The molecule has 0 atom stereocenters. The molecule has 0 spiro atoms. The summed E-state index contributed by atoms with van der Waals surface area (Å²) in [6.45, 7) is 7.25. The first kappa shape index (κ1) is 19.5. The van der Waals surface area contributed by atoms with Gasteiger partial charge in [-0.05, 0) is 45.2 Å². The Morgan fingerprint density at radius 1 is 1.32 bits per heavy atom. The van der Waals surface area contributed by atoms with Crippen LogP contribution in [-0.4, -0.2) is 48.1 Å². The highest BCUT2D eigenvalue weighted by Crippen LogP contribution is 2.25. The molecule has 140 valence electrons. The summed E-state index contributed by atoms with van der Waals surface area (Å²) >= 11 is 0. The molecule has 0 unspecified atom stereocenters. The molecular formula is C19H29NO5. The van der Waals surface area contributed by atoms with Crippen LogP contribution < -0.4 is 4.74 Å². The minimum absolute atomic E-state index is 0.0841. The van der Waals surface area contributed by atoms with Gasteiger partial charge in [0.25, 0.3) is 0 Å². The second kappa shape index (κ2) is 8.54. The van der Waals surface area contributed by atoms with Crippen molar-refractivity contribution < 1.29 is 24.1 Å². The second-order valence-electron chi connectivity index (χ2n) is 7.26. The third-order valence-electron chi connectivity index (χ3n) is 4.13. The minimum Gasteiger partial charge on any atom is -0.496 e. The first-order valence-corrected chi connectivity index (χ1v) is 8.68. The molecule has 6 nitrogen and oxygen atoms in total. The molecule has 1 N–H and O–H groups in total. The zero-order valence-corrected chi connectivity index (χ0v) is 15.6. The highest BCUT2D eigenvalue weighted by Gasteiger charge is 2.30. The van der Waals surface area contributed by atoms with E-state index in [1.54, 1.807) is 12.0 Å². The van der Waals surface area contributed by atoms with Crippen LogP contribution >= 0.6 is 0 Å². The average Bonchev–Trinajstić information content (AvgIpc) is 2.58. The molecule has 25 heavy (non-hydrogen) atoms. The molecule has 0 aromatic heterocycles. The lowest BCUT2D eigenvalue weighted by atomic mass is 10.1. The van der Waals surface area contributed by atoms with Crippen molar-refractivity contribution in [3.63, 3.8) is 0 Å². The summed E-state index contributed by atoms with van der Waals surface area (Å²) < 4.78 is 16.4. The van der Waals surface area contributed by atoms with Gasteiger partial charge in [0.15, 0.2) is 0 Å². The van der Waals surface area contributed by atoms with Crippen molar-refractivity contribution >= 4 is 6.09 Å². The number of carbonyl (C=O) groups excluding carboxylic acids is 1. The zero-order chi connectivity index (χ0) is 18.4. The van der Waals surface area contributed by atoms with Gasteiger partial charge in [0.05, 0.1) is 13.7 Å². The fourth-order valence-electron chi connectivity index (χ4n) is 2.87. The van der Waals surface area contributed by atoms with Crippen LogP contribution in [0.25, 0.3) is 0 Å². The van der Waals surface area contributed by atoms with Gasteiger partial charge in [-0.25, -0.2) is 4.79 Å². The normalized spacial score (nSPS) is 15.7. The van der Waals surface area contributed by atoms with Crippen LogP contribution in [0, 0.1) is 0 Å². The summed E-state index contributed by atoms with van der Waals surface area (Å²) in [4.78, 5) is 14.5. The Hall–Kier alpha value is -1.79. The van der Waals surface area contributed by atoms with Gasteiger partial charge in [0, 0.05) is 31.4 Å². The maximum atomic E-state index is 12.7. The third kappa shape index (κ3) is 5.61. The summed E-state index contributed by atoms with van der Waals surface area (Å²) in [6.07, 6.45) is 1.28. The number of aliphatic hydroxyl groups excluding tert-OH is 1. The predicted molar refractivity (Wildman–Crippen MR) is 94.5 cm³/mol. The van der Waals surface area contributed by atoms with E-state index in [-0.39, 0.29) is 18.7 Å². The Bertz CT molecular complexity index is 576. The minimum atomic E-state index is -0.543. The molecule has 0 aliphatic carbocycles. The Morgan fingerprint density at radius 2 is 2.00 bits per heavy atom. The first-order valence-electron chi connectivity index (χ1n) is 8.68. The highest BCUT2D eigenvalue weighted by atomic mass is 16.6. The summed E-state index contributed by atoms with van der Waals surface area (Å²) in [5.41, 5.74) is 1.12. The van der Waals surface area contributed by atoms with E-state index in [9.17, 15) is 9.90 Å². The van der Waals surface area contributed by atoms with Crippen molar-refractivity contribution in [2.24, 2.45) is 0 Å². The number of benzene rings is 1. The van der Waals surface area contributed by atoms with Crippen LogP contribution in [0.1, 0.15) is 44.7 Å². The van der Waals surface area contributed by atoms with Gasteiger partial charge in [-0.3, -0.25) is 0 Å². The van der Waals surface area contributed by atoms with Crippen LogP contribution in [0.2, 0.25) is 0 Å². The van der Waals surface area contributed by atoms with E-state index in [1.807, 2.05) is 39.0 Å². The fourth-order valence-corrected chi connectivity index (χ4v) is 2.87. The summed E-state index contributed by atoms with van der Waals surface area (Å²) in [5, 5.41) is 9.36. The third-order valence-corrected chi connectivity index (χ3v) is 4.13. The van der Waals surface area contributed by atoms with Crippen molar-refractivity contribution in [3.05, 3.63) is 29.3 Å². The summed E-state index contributed by atoms with van der Waals surface area (Å²) in [5.74, 6) is 0.621. The second-order valence-corrected chi connectivity index (χ2v) is 7.26. The largest absolute Gasteiger partial charge is 0.496 e. The van der Waals surface area contributed by atoms with E-state index < -0.39 is 5.60 Å². The number of carbonyl (C=O) groups is 1. The van der Waals surface area contributed by atoms with Crippen molar-refractivity contribution in [2.45, 2.75) is 58.4 Å². The molecule has 0 bridgehead atoms. The van der Waals surface area contributed by atoms with Gasteiger partial charge in [0.1, 0.15) is 11.4 Å². The van der Waals surface area contributed by atoms with Gasteiger partial charge < -0.3 is 24.2 Å². The number of aliphatic hydroxyl groups is 1. The number of ether oxygens (including phenoxy) is 3. The molecule has 1 aliphatic rings. The summed E-state index contributed by atoms with van der Waals surface area (Å²) in [6, 6.07) is 5.69. The molecule has 1 aromatic rings. The average molecular weight is 351 g/mol. The summed E-state index contributed by atoms with van der Waals surface area (Å²) in [7, 11) is 1.57. The fraction of sp³-hybridized carbons (Fsp3) is 0.632. The van der Waals surface area contributed by atoms with Crippen LogP contribution in [0.3, 0.4) is 0 Å². The van der Waals surface area contributed by atoms with Gasteiger partial charge in [-0.15, -0.1) is 0 Å². The standard InChI is InChI=1S/C19H29NO5/c1-19(2,3)25-18(22)20(16-7-9-24-10-8-16)12-14-5-6-15(13-21)17(11-14)23-4/h5-6,11,16,21H,7-10,12-13H2,1-4H3. The van der Waals surface area contributed by atoms with E-state index >= 15 is 0 Å². The topological polar surface area (TPSA) is 68.2 Å². The maximum absolute atomic E-state index is 12.7. The van der Waals surface area contributed by atoms with E-state index in [0.29, 0.717) is 25.5 Å². The number of hydrogen-bond donors (Lipinski definition) is 1. The molecule has 0 saturated carbocycles. The van der Waals surface area contributed by atoms with Crippen LogP contribution in [0.5, 0.6) is 5.75 Å². The smallest absolute Gasteiger partial charge is 0.410 e. The van der Waals surface area contributed by atoms with Gasteiger partial charge >= 0.3 is 6.09 Å². The lowest BCUT2D eigenvalue weighted by molar-refractivity contribution is -0.00810. The molecule has 1 saturated heterocycles. The first-order chi connectivity index (χ1) is 11.8. The Morgan fingerprint density at radius 3 is 2.56 bits per heavy atom. The van der Waals surface area contributed by atoms with Crippen molar-refractivity contribution in [3.8, 4) is 5.75 Å².